The number of alkyl halides is 3. The molecule has 20 heavy (non-hydrogen) atoms. The molecule has 1 saturated heterocycles. The van der Waals surface area contributed by atoms with Gasteiger partial charge in [-0.3, -0.25) is 4.98 Å². The maximum Gasteiger partial charge on any atom is 0.433 e. The molecule has 1 aromatic heterocycles. The number of nitrogens with one attached hydrogen (secondary N) is 2. The van der Waals surface area contributed by atoms with Crippen LogP contribution in [0.15, 0.2) is 23.2 Å². The summed E-state index contributed by atoms with van der Waals surface area (Å²) in [5.74, 6) is 0. The number of sulfonamides is 1. The van der Waals surface area contributed by atoms with Gasteiger partial charge >= 0.3 is 6.18 Å². The Kier molecular flexibility index (Phi) is 5.36. The first-order valence-corrected chi connectivity index (χ1v) is 7.04. The van der Waals surface area contributed by atoms with Crippen molar-refractivity contribution < 1.29 is 21.6 Å². The van der Waals surface area contributed by atoms with Gasteiger partial charge in [0.15, 0.2) is 0 Å². The molecule has 0 aromatic carbocycles. The Morgan fingerprint density at radius 1 is 1.35 bits per heavy atom. The quantitative estimate of drug-likeness (QED) is 0.872. The van der Waals surface area contributed by atoms with Gasteiger partial charge in [-0.2, -0.15) is 13.2 Å². The Bertz CT molecular complexity index is 542. The smallest absolute Gasteiger partial charge is 0.315 e. The van der Waals surface area contributed by atoms with E-state index in [2.05, 4.69) is 15.0 Å². The lowest BCUT2D eigenvalue weighted by Gasteiger charge is -2.12. The van der Waals surface area contributed by atoms with Crippen molar-refractivity contribution in [2.45, 2.75) is 23.5 Å². The fourth-order valence-corrected chi connectivity index (χ4v) is 2.96. The maximum atomic E-state index is 12.3. The van der Waals surface area contributed by atoms with Crippen molar-refractivity contribution in [1.29, 1.82) is 0 Å². The van der Waals surface area contributed by atoms with Crippen LogP contribution in [0.5, 0.6) is 0 Å². The molecule has 0 saturated carbocycles. The number of halogens is 4. The van der Waals surface area contributed by atoms with Crippen LogP contribution in [-0.4, -0.2) is 32.5 Å². The van der Waals surface area contributed by atoms with E-state index in [1.165, 1.54) is 0 Å². The predicted octanol–water partition coefficient (Wildman–Crippen LogP) is 1.16. The monoisotopic (exact) mass is 331 g/mol. The SMILES string of the molecule is Cl.O=S(=O)(NC1CCNC1)c1ccc(C(F)(F)F)nc1. The lowest BCUT2D eigenvalue weighted by Crippen LogP contribution is -2.36. The van der Waals surface area contributed by atoms with Gasteiger partial charge in [0.1, 0.15) is 10.6 Å². The minimum absolute atomic E-state index is 0. The normalized spacial score (nSPS) is 19.6. The summed E-state index contributed by atoms with van der Waals surface area (Å²) in [5, 5.41) is 2.98. The second kappa shape index (κ2) is 6.25. The third-order valence-corrected chi connectivity index (χ3v) is 4.22. The summed E-state index contributed by atoms with van der Waals surface area (Å²) in [6.45, 7) is 1.21. The molecule has 1 aromatic rings. The zero-order valence-electron chi connectivity index (χ0n) is 10.1. The molecule has 114 valence electrons. The Balaban J connectivity index is 0.00000200. The largest absolute Gasteiger partial charge is 0.433 e. The lowest BCUT2D eigenvalue weighted by atomic mass is 10.3. The standard InChI is InChI=1S/C10H12F3N3O2S.ClH/c11-10(12,13)9-2-1-8(6-15-9)19(17,18)16-7-3-4-14-5-7;/h1-2,6-7,14,16H,3-5H2;1H. The van der Waals surface area contributed by atoms with E-state index < -0.39 is 21.9 Å². The van der Waals surface area contributed by atoms with Gasteiger partial charge in [-0.1, -0.05) is 0 Å². The highest BCUT2D eigenvalue weighted by Gasteiger charge is 2.33. The van der Waals surface area contributed by atoms with E-state index in [-0.39, 0.29) is 23.3 Å². The van der Waals surface area contributed by atoms with E-state index in [1.54, 1.807) is 0 Å². The summed E-state index contributed by atoms with van der Waals surface area (Å²) < 4.78 is 63.1. The van der Waals surface area contributed by atoms with Crippen LogP contribution < -0.4 is 10.0 Å². The predicted molar refractivity (Wildman–Crippen MR) is 68.1 cm³/mol. The molecule has 2 rings (SSSR count). The van der Waals surface area contributed by atoms with E-state index >= 15 is 0 Å². The Morgan fingerprint density at radius 2 is 2.05 bits per heavy atom. The molecule has 2 N–H and O–H groups in total. The summed E-state index contributed by atoms with van der Waals surface area (Å²) in [6, 6.07) is 1.31. The summed E-state index contributed by atoms with van der Waals surface area (Å²) in [5.41, 5.74) is -1.12. The van der Waals surface area contributed by atoms with Gasteiger partial charge in [-0.25, -0.2) is 13.1 Å². The van der Waals surface area contributed by atoms with Gasteiger partial charge in [0.25, 0.3) is 0 Å². The molecule has 10 heteroatoms. The second-order valence-electron chi connectivity index (χ2n) is 4.19. The van der Waals surface area contributed by atoms with Crippen molar-refractivity contribution in [3.8, 4) is 0 Å². The van der Waals surface area contributed by atoms with Crippen LogP contribution >= 0.6 is 12.4 Å². The summed E-state index contributed by atoms with van der Waals surface area (Å²) in [6.07, 6.45) is -3.22. The number of hydrogen-bond acceptors (Lipinski definition) is 4. The van der Waals surface area contributed by atoms with Crippen LogP contribution in [0.25, 0.3) is 0 Å². The molecule has 1 fully saturated rings. The van der Waals surface area contributed by atoms with Crippen LogP contribution in [0.3, 0.4) is 0 Å². The maximum absolute atomic E-state index is 12.3. The van der Waals surface area contributed by atoms with E-state index in [1.807, 2.05) is 0 Å². The van der Waals surface area contributed by atoms with Crippen LogP contribution in [0.1, 0.15) is 12.1 Å². The molecule has 1 aliphatic heterocycles. The average Bonchev–Trinajstić information content (AvgIpc) is 2.80. The molecule has 1 unspecified atom stereocenters. The number of aromatic nitrogens is 1. The number of hydrogen-bond donors (Lipinski definition) is 2. The Labute approximate surface area is 120 Å². The number of rotatable bonds is 3. The summed E-state index contributed by atoms with van der Waals surface area (Å²) in [4.78, 5) is 2.86. The Morgan fingerprint density at radius 3 is 2.50 bits per heavy atom. The molecular weight excluding hydrogens is 319 g/mol. The average molecular weight is 332 g/mol. The van der Waals surface area contributed by atoms with Gasteiger partial charge in [-0.05, 0) is 25.1 Å². The van der Waals surface area contributed by atoms with Crippen LogP contribution in [0.4, 0.5) is 13.2 Å². The first kappa shape index (κ1) is 17.2. The van der Waals surface area contributed by atoms with E-state index in [0.29, 0.717) is 31.8 Å². The molecule has 2 heterocycles. The van der Waals surface area contributed by atoms with Gasteiger partial charge < -0.3 is 5.32 Å². The van der Waals surface area contributed by atoms with Gasteiger partial charge in [0, 0.05) is 18.8 Å². The van der Waals surface area contributed by atoms with Gasteiger partial charge in [0.05, 0.1) is 0 Å². The topological polar surface area (TPSA) is 71.1 Å². The van der Waals surface area contributed by atoms with Crippen molar-refractivity contribution in [1.82, 2.24) is 15.0 Å². The van der Waals surface area contributed by atoms with Gasteiger partial charge in [-0.15, -0.1) is 12.4 Å². The molecule has 0 amide bonds. The molecule has 1 aliphatic rings. The summed E-state index contributed by atoms with van der Waals surface area (Å²) in [7, 11) is -3.83. The Hall–Kier alpha value is -0.900. The van der Waals surface area contributed by atoms with Crippen LogP contribution in [0, 0.1) is 0 Å². The molecule has 0 aliphatic carbocycles. The number of nitrogens with zero attached hydrogens (tertiary/aromatic N) is 1. The van der Waals surface area contributed by atoms with Crippen molar-refractivity contribution in [2.24, 2.45) is 0 Å². The van der Waals surface area contributed by atoms with E-state index in [9.17, 15) is 21.6 Å². The summed E-state index contributed by atoms with van der Waals surface area (Å²) >= 11 is 0. The zero-order chi connectivity index (χ0) is 14.1. The minimum atomic E-state index is -4.58. The molecule has 1 atom stereocenters. The van der Waals surface area contributed by atoms with Crippen molar-refractivity contribution in [3.05, 3.63) is 24.0 Å². The van der Waals surface area contributed by atoms with E-state index in [0.717, 1.165) is 6.07 Å². The van der Waals surface area contributed by atoms with Crippen LogP contribution in [0.2, 0.25) is 0 Å². The van der Waals surface area contributed by atoms with E-state index in [4.69, 9.17) is 0 Å². The second-order valence-corrected chi connectivity index (χ2v) is 5.90. The first-order valence-electron chi connectivity index (χ1n) is 5.55. The number of pyridine rings is 1. The molecule has 5 nitrogen and oxygen atoms in total. The molecule has 0 bridgehead atoms. The highest BCUT2D eigenvalue weighted by molar-refractivity contribution is 7.89. The van der Waals surface area contributed by atoms with Crippen molar-refractivity contribution >= 4 is 22.4 Å². The third-order valence-electron chi connectivity index (χ3n) is 2.72. The van der Waals surface area contributed by atoms with Crippen LogP contribution in [-0.2, 0) is 16.2 Å². The zero-order valence-corrected chi connectivity index (χ0v) is 11.8. The fourth-order valence-electron chi connectivity index (χ4n) is 1.75. The third kappa shape index (κ3) is 4.05. The van der Waals surface area contributed by atoms with Gasteiger partial charge in [0.2, 0.25) is 10.0 Å². The first-order chi connectivity index (χ1) is 8.79. The molecule has 0 radical (unpaired) electrons. The minimum Gasteiger partial charge on any atom is -0.315 e. The molecular formula is C10H13ClF3N3O2S. The lowest BCUT2D eigenvalue weighted by molar-refractivity contribution is -0.141. The fraction of sp³-hybridized carbons (Fsp3) is 0.500. The van der Waals surface area contributed by atoms with Crippen molar-refractivity contribution in [2.75, 3.05) is 13.1 Å². The highest BCUT2D eigenvalue weighted by atomic mass is 35.5. The molecule has 0 spiro atoms. The highest BCUT2D eigenvalue weighted by Crippen LogP contribution is 2.27. The van der Waals surface area contributed by atoms with Crippen molar-refractivity contribution in [3.63, 3.8) is 0 Å².